The van der Waals surface area contributed by atoms with E-state index in [2.05, 4.69) is 20.8 Å². The maximum atomic E-state index is 12.1. The number of sulfone groups is 1. The monoisotopic (exact) mass is 338 g/mol. The predicted octanol–water partition coefficient (Wildman–Crippen LogP) is 1.59. The SMILES string of the molecule is O=C(Nc1ccc(NC2CCS(=O)(=O)C2)nn1)C1CCCCC1. The Morgan fingerprint density at radius 3 is 2.35 bits per heavy atom. The molecule has 1 atom stereocenters. The van der Waals surface area contributed by atoms with Crippen LogP contribution in [0.3, 0.4) is 0 Å². The molecule has 23 heavy (non-hydrogen) atoms. The van der Waals surface area contributed by atoms with E-state index in [1.54, 1.807) is 12.1 Å². The van der Waals surface area contributed by atoms with Gasteiger partial charge in [-0.15, -0.1) is 10.2 Å². The molecule has 2 N–H and O–H groups in total. The van der Waals surface area contributed by atoms with Gasteiger partial charge in [0.05, 0.1) is 11.5 Å². The molecular weight excluding hydrogens is 316 g/mol. The molecule has 1 aliphatic heterocycles. The van der Waals surface area contributed by atoms with Gasteiger partial charge in [0.1, 0.15) is 5.82 Å². The molecule has 2 aliphatic rings. The summed E-state index contributed by atoms with van der Waals surface area (Å²) >= 11 is 0. The minimum atomic E-state index is -2.92. The number of rotatable bonds is 4. The molecule has 0 spiro atoms. The van der Waals surface area contributed by atoms with E-state index in [1.807, 2.05) is 0 Å². The molecule has 0 bridgehead atoms. The van der Waals surface area contributed by atoms with Gasteiger partial charge in [0, 0.05) is 12.0 Å². The van der Waals surface area contributed by atoms with Crippen molar-refractivity contribution in [3.8, 4) is 0 Å². The fourth-order valence-electron chi connectivity index (χ4n) is 3.19. The summed E-state index contributed by atoms with van der Waals surface area (Å²) in [6, 6.07) is 3.30. The summed E-state index contributed by atoms with van der Waals surface area (Å²) < 4.78 is 22.9. The van der Waals surface area contributed by atoms with Crippen molar-refractivity contribution in [2.24, 2.45) is 5.92 Å². The highest BCUT2D eigenvalue weighted by Crippen LogP contribution is 2.24. The average molecular weight is 338 g/mol. The molecule has 7 nitrogen and oxygen atoms in total. The summed E-state index contributed by atoms with van der Waals surface area (Å²) in [5.41, 5.74) is 0. The van der Waals surface area contributed by atoms with Crippen molar-refractivity contribution in [2.75, 3.05) is 22.1 Å². The molecule has 2 heterocycles. The standard InChI is InChI=1S/C15H22N4O3S/c20-15(11-4-2-1-3-5-11)17-14-7-6-13(18-19-14)16-12-8-9-23(21,22)10-12/h6-7,11-12H,1-5,8-10H2,(H,16,18)(H,17,19,20). The highest BCUT2D eigenvalue weighted by molar-refractivity contribution is 7.91. The van der Waals surface area contributed by atoms with E-state index in [1.165, 1.54) is 6.42 Å². The van der Waals surface area contributed by atoms with Gasteiger partial charge in [-0.2, -0.15) is 0 Å². The van der Waals surface area contributed by atoms with Crippen LogP contribution in [0.1, 0.15) is 38.5 Å². The molecule has 3 rings (SSSR count). The van der Waals surface area contributed by atoms with Crippen LogP contribution < -0.4 is 10.6 Å². The number of aromatic nitrogens is 2. The molecule has 1 saturated carbocycles. The molecule has 0 aromatic carbocycles. The highest BCUT2D eigenvalue weighted by Gasteiger charge is 2.28. The third-order valence-corrected chi connectivity index (χ3v) is 6.24. The predicted molar refractivity (Wildman–Crippen MR) is 87.9 cm³/mol. The summed E-state index contributed by atoms with van der Waals surface area (Å²) in [4.78, 5) is 12.1. The van der Waals surface area contributed by atoms with Gasteiger partial charge < -0.3 is 10.6 Å². The lowest BCUT2D eigenvalue weighted by molar-refractivity contribution is -0.120. The van der Waals surface area contributed by atoms with Crippen LogP contribution in [0.15, 0.2) is 12.1 Å². The lowest BCUT2D eigenvalue weighted by atomic mass is 9.89. The summed E-state index contributed by atoms with van der Waals surface area (Å²) in [7, 11) is -2.92. The number of nitrogens with zero attached hydrogens (tertiary/aromatic N) is 2. The van der Waals surface area contributed by atoms with Crippen LogP contribution in [0.2, 0.25) is 0 Å². The molecule has 1 aliphatic carbocycles. The van der Waals surface area contributed by atoms with Gasteiger partial charge in [-0.25, -0.2) is 8.42 Å². The second-order valence-electron chi connectivity index (χ2n) is 6.37. The Kier molecular flexibility index (Phi) is 4.79. The average Bonchev–Trinajstić information content (AvgIpc) is 2.89. The molecule has 1 unspecified atom stereocenters. The maximum absolute atomic E-state index is 12.1. The van der Waals surface area contributed by atoms with Crippen LogP contribution in [0, 0.1) is 5.92 Å². The van der Waals surface area contributed by atoms with Crippen LogP contribution in [0.5, 0.6) is 0 Å². The molecular formula is C15H22N4O3S. The van der Waals surface area contributed by atoms with Crippen LogP contribution in [0.4, 0.5) is 11.6 Å². The smallest absolute Gasteiger partial charge is 0.228 e. The quantitative estimate of drug-likeness (QED) is 0.864. The maximum Gasteiger partial charge on any atom is 0.228 e. The van der Waals surface area contributed by atoms with Gasteiger partial charge in [-0.1, -0.05) is 19.3 Å². The van der Waals surface area contributed by atoms with Crippen LogP contribution in [0.25, 0.3) is 0 Å². The Morgan fingerprint density at radius 1 is 1.04 bits per heavy atom. The largest absolute Gasteiger partial charge is 0.365 e. The minimum absolute atomic E-state index is 0.0154. The molecule has 8 heteroatoms. The Morgan fingerprint density at radius 2 is 1.74 bits per heavy atom. The van der Waals surface area contributed by atoms with Crippen molar-refractivity contribution in [3.05, 3.63) is 12.1 Å². The second-order valence-corrected chi connectivity index (χ2v) is 8.60. The zero-order valence-corrected chi connectivity index (χ0v) is 13.8. The number of hydrogen-bond acceptors (Lipinski definition) is 6. The Balaban J connectivity index is 1.53. The van der Waals surface area contributed by atoms with Gasteiger partial charge in [0.15, 0.2) is 15.7 Å². The number of anilines is 2. The third kappa shape index (κ3) is 4.40. The molecule has 1 amide bonds. The summed E-state index contributed by atoms with van der Waals surface area (Å²) in [6.07, 6.45) is 5.89. The van der Waals surface area contributed by atoms with Crippen molar-refractivity contribution in [1.82, 2.24) is 10.2 Å². The normalized spacial score (nSPS) is 24.3. The molecule has 1 aromatic heterocycles. The lowest BCUT2D eigenvalue weighted by Gasteiger charge is -2.20. The number of hydrogen-bond donors (Lipinski definition) is 2. The second kappa shape index (κ2) is 6.82. The number of amides is 1. The van der Waals surface area contributed by atoms with E-state index >= 15 is 0 Å². The van der Waals surface area contributed by atoms with Crippen molar-refractivity contribution < 1.29 is 13.2 Å². The first-order valence-electron chi connectivity index (χ1n) is 8.13. The first-order chi connectivity index (χ1) is 11.0. The van der Waals surface area contributed by atoms with Crippen LogP contribution >= 0.6 is 0 Å². The fraction of sp³-hybridized carbons (Fsp3) is 0.667. The third-order valence-electron chi connectivity index (χ3n) is 4.48. The van der Waals surface area contributed by atoms with Crippen molar-refractivity contribution in [2.45, 2.75) is 44.6 Å². The van der Waals surface area contributed by atoms with E-state index in [9.17, 15) is 13.2 Å². The zero-order chi connectivity index (χ0) is 16.3. The van der Waals surface area contributed by atoms with E-state index in [0.717, 1.165) is 25.7 Å². The first-order valence-corrected chi connectivity index (χ1v) is 9.95. The fourth-order valence-corrected chi connectivity index (χ4v) is 4.86. The first kappa shape index (κ1) is 16.2. The topological polar surface area (TPSA) is 101 Å². The Bertz CT molecular complexity index is 654. The highest BCUT2D eigenvalue weighted by atomic mass is 32.2. The van der Waals surface area contributed by atoms with Gasteiger partial charge in [-0.05, 0) is 31.4 Å². The molecule has 1 aromatic rings. The van der Waals surface area contributed by atoms with E-state index in [-0.39, 0.29) is 29.4 Å². The van der Waals surface area contributed by atoms with E-state index < -0.39 is 9.84 Å². The molecule has 1 saturated heterocycles. The van der Waals surface area contributed by atoms with E-state index in [4.69, 9.17) is 0 Å². The van der Waals surface area contributed by atoms with Gasteiger partial charge >= 0.3 is 0 Å². The number of carbonyl (C=O) groups is 1. The Hall–Kier alpha value is -1.70. The van der Waals surface area contributed by atoms with Gasteiger partial charge in [0.2, 0.25) is 5.91 Å². The summed E-state index contributed by atoms with van der Waals surface area (Å²) in [5, 5.41) is 13.9. The van der Waals surface area contributed by atoms with Gasteiger partial charge in [0.25, 0.3) is 0 Å². The van der Waals surface area contributed by atoms with Crippen molar-refractivity contribution in [3.63, 3.8) is 0 Å². The molecule has 2 fully saturated rings. The number of nitrogens with one attached hydrogen (secondary N) is 2. The van der Waals surface area contributed by atoms with Crippen molar-refractivity contribution in [1.29, 1.82) is 0 Å². The summed E-state index contributed by atoms with van der Waals surface area (Å²) in [6.45, 7) is 0. The lowest BCUT2D eigenvalue weighted by Crippen LogP contribution is -2.25. The minimum Gasteiger partial charge on any atom is -0.365 e. The van der Waals surface area contributed by atoms with Crippen molar-refractivity contribution >= 4 is 27.4 Å². The van der Waals surface area contributed by atoms with Crippen LogP contribution in [-0.4, -0.2) is 42.1 Å². The number of carbonyl (C=O) groups excluding carboxylic acids is 1. The molecule has 126 valence electrons. The van der Waals surface area contributed by atoms with Gasteiger partial charge in [-0.3, -0.25) is 4.79 Å². The zero-order valence-electron chi connectivity index (χ0n) is 13.0. The van der Waals surface area contributed by atoms with Crippen LogP contribution in [-0.2, 0) is 14.6 Å². The van der Waals surface area contributed by atoms with E-state index in [0.29, 0.717) is 18.1 Å². The Labute approximate surface area is 136 Å². The summed E-state index contributed by atoms with van der Waals surface area (Å²) in [5.74, 6) is 1.41. The molecule has 0 radical (unpaired) electrons.